The number of fused-ring (bicyclic) bond motifs is 8. The first kappa shape index (κ1) is 29.9. The maximum absolute atomic E-state index is 2.42. The summed E-state index contributed by atoms with van der Waals surface area (Å²) in [6, 6.07) is 64.8. The Labute approximate surface area is 302 Å². The zero-order valence-corrected chi connectivity index (χ0v) is 29.4. The Balaban J connectivity index is 1.14. The maximum Gasteiger partial charge on any atom is 0.0467 e. The van der Waals surface area contributed by atoms with Gasteiger partial charge in [0.15, 0.2) is 0 Å². The molecule has 1 heterocycles. The normalized spacial score (nSPS) is 13.1. The summed E-state index contributed by atoms with van der Waals surface area (Å²) >= 11 is 1.89. The minimum absolute atomic E-state index is 0.0884. The van der Waals surface area contributed by atoms with Crippen LogP contribution in [0.15, 0.2) is 176 Å². The second-order valence-corrected chi connectivity index (χ2v) is 15.2. The van der Waals surface area contributed by atoms with E-state index in [4.69, 9.17) is 0 Å². The van der Waals surface area contributed by atoms with E-state index in [0.29, 0.717) is 0 Å². The fourth-order valence-electron chi connectivity index (χ4n) is 8.31. The van der Waals surface area contributed by atoms with Crippen molar-refractivity contribution in [3.63, 3.8) is 0 Å². The van der Waals surface area contributed by atoms with Crippen molar-refractivity contribution in [3.05, 3.63) is 187 Å². The Kier molecular flexibility index (Phi) is 6.78. The van der Waals surface area contributed by atoms with Crippen LogP contribution < -0.4 is 4.90 Å². The lowest BCUT2D eigenvalue weighted by molar-refractivity contribution is 0.660. The van der Waals surface area contributed by atoms with Gasteiger partial charge in [0.2, 0.25) is 0 Å². The molecule has 8 aromatic carbocycles. The standard InChI is InChI=1S/C49H35NS/c1-49(2)45-21-10-8-18-39(45)40-28-27-37(30-46(40)49)50(36-16-12-15-34(29-36)32-13-4-3-5-14-32)35-25-23-33(24-26-35)43-31-44-41-19-9-11-22-47(41)51-48(44)42-20-7-6-17-38(42)43/h3-31H,1-2H3. The number of nitrogens with zero attached hydrogens (tertiary/aromatic N) is 1. The highest BCUT2D eigenvalue weighted by Gasteiger charge is 2.35. The molecule has 0 saturated heterocycles. The van der Waals surface area contributed by atoms with Gasteiger partial charge in [-0.1, -0.05) is 141 Å². The van der Waals surface area contributed by atoms with Crippen molar-refractivity contribution < 1.29 is 0 Å². The molecule has 1 aliphatic carbocycles. The minimum Gasteiger partial charge on any atom is -0.310 e. The number of hydrogen-bond acceptors (Lipinski definition) is 2. The average Bonchev–Trinajstić information content (AvgIpc) is 3.67. The molecule has 0 N–H and O–H groups in total. The largest absolute Gasteiger partial charge is 0.310 e. The molecule has 0 bridgehead atoms. The first-order chi connectivity index (χ1) is 25.0. The highest BCUT2D eigenvalue weighted by molar-refractivity contribution is 7.26. The van der Waals surface area contributed by atoms with Crippen LogP contribution in [0.1, 0.15) is 25.0 Å². The number of thiophene rings is 1. The van der Waals surface area contributed by atoms with Crippen molar-refractivity contribution in [1.82, 2.24) is 0 Å². The lowest BCUT2D eigenvalue weighted by atomic mass is 9.82. The number of hydrogen-bond donors (Lipinski definition) is 0. The van der Waals surface area contributed by atoms with Gasteiger partial charge in [-0.3, -0.25) is 0 Å². The van der Waals surface area contributed by atoms with Crippen molar-refractivity contribution >= 4 is 59.3 Å². The van der Waals surface area contributed by atoms with Crippen LogP contribution in [0.5, 0.6) is 0 Å². The van der Waals surface area contributed by atoms with E-state index in [2.05, 4.69) is 195 Å². The summed E-state index contributed by atoms with van der Waals surface area (Å²) in [5.74, 6) is 0. The van der Waals surface area contributed by atoms with E-state index in [9.17, 15) is 0 Å². The van der Waals surface area contributed by atoms with E-state index in [-0.39, 0.29) is 5.41 Å². The van der Waals surface area contributed by atoms with Gasteiger partial charge in [-0.15, -0.1) is 11.3 Å². The van der Waals surface area contributed by atoms with E-state index in [1.165, 1.54) is 75.5 Å². The fraction of sp³-hybridized carbons (Fsp3) is 0.0612. The molecule has 0 saturated carbocycles. The second kappa shape index (κ2) is 11.6. The molecule has 9 aromatic rings. The van der Waals surface area contributed by atoms with Crippen LogP contribution in [-0.2, 0) is 5.41 Å². The molecular weight excluding hydrogens is 635 g/mol. The summed E-state index contributed by atoms with van der Waals surface area (Å²) < 4.78 is 2.69. The Morgan fingerprint density at radius 3 is 1.88 bits per heavy atom. The third-order valence-corrected chi connectivity index (χ3v) is 12.1. The van der Waals surface area contributed by atoms with Gasteiger partial charge in [0.1, 0.15) is 0 Å². The van der Waals surface area contributed by atoms with Crippen LogP contribution in [0, 0.1) is 0 Å². The molecule has 0 unspecified atom stereocenters. The van der Waals surface area contributed by atoms with Crippen molar-refractivity contribution in [2.45, 2.75) is 19.3 Å². The summed E-state index contributed by atoms with van der Waals surface area (Å²) in [5, 5.41) is 5.26. The van der Waals surface area contributed by atoms with E-state index < -0.39 is 0 Å². The van der Waals surface area contributed by atoms with Crippen molar-refractivity contribution in [2.24, 2.45) is 0 Å². The molecule has 0 radical (unpaired) electrons. The van der Waals surface area contributed by atoms with E-state index in [1.54, 1.807) is 0 Å². The molecule has 1 aromatic heterocycles. The van der Waals surface area contributed by atoms with Crippen LogP contribution in [-0.4, -0.2) is 0 Å². The smallest absolute Gasteiger partial charge is 0.0467 e. The van der Waals surface area contributed by atoms with Crippen molar-refractivity contribution in [1.29, 1.82) is 0 Å². The van der Waals surface area contributed by atoms with Crippen LogP contribution in [0.3, 0.4) is 0 Å². The molecule has 1 aliphatic rings. The van der Waals surface area contributed by atoms with Crippen LogP contribution in [0.2, 0.25) is 0 Å². The first-order valence-corrected chi connectivity index (χ1v) is 18.5. The quantitative estimate of drug-likeness (QED) is 0.176. The minimum atomic E-state index is -0.0884. The monoisotopic (exact) mass is 669 g/mol. The van der Waals surface area contributed by atoms with Gasteiger partial charge in [0.25, 0.3) is 0 Å². The summed E-state index contributed by atoms with van der Waals surface area (Å²) in [6.45, 7) is 4.71. The van der Waals surface area contributed by atoms with Gasteiger partial charge in [0.05, 0.1) is 0 Å². The highest BCUT2D eigenvalue weighted by atomic mass is 32.1. The van der Waals surface area contributed by atoms with E-state index in [1.807, 2.05) is 11.3 Å². The Morgan fingerprint density at radius 2 is 1.04 bits per heavy atom. The van der Waals surface area contributed by atoms with E-state index >= 15 is 0 Å². The van der Waals surface area contributed by atoms with Gasteiger partial charge < -0.3 is 4.90 Å². The number of benzene rings is 8. The van der Waals surface area contributed by atoms with Crippen LogP contribution >= 0.6 is 11.3 Å². The molecule has 242 valence electrons. The third-order valence-electron chi connectivity index (χ3n) is 10.9. The Hall–Kier alpha value is -5.96. The molecule has 0 atom stereocenters. The zero-order chi connectivity index (χ0) is 34.1. The summed E-state index contributed by atoms with van der Waals surface area (Å²) in [6.07, 6.45) is 0. The Bertz CT molecular complexity index is 2770. The predicted octanol–water partition coefficient (Wildman–Crippen LogP) is 14.3. The van der Waals surface area contributed by atoms with Gasteiger partial charge in [-0.25, -0.2) is 0 Å². The molecule has 51 heavy (non-hydrogen) atoms. The maximum atomic E-state index is 2.42. The van der Waals surface area contributed by atoms with Crippen molar-refractivity contribution in [2.75, 3.05) is 4.90 Å². The molecule has 10 rings (SSSR count). The Morgan fingerprint density at radius 1 is 0.392 bits per heavy atom. The lowest BCUT2D eigenvalue weighted by Gasteiger charge is -2.28. The zero-order valence-electron chi connectivity index (χ0n) is 28.6. The molecule has 0 aliphatic heterocycles. The lowest BCUT2D eigenvalue weighted by Crippen LogP contribution is -2.16. The highest BCUT2D eigenvalue weighted by Crippen LogP contribution is 2.51. The van der Waals surface area contributed by atoms with Crippen LogP contribution in [0.25, 0.3) is 64.3 Å². The third kappa shape index (κ3) is 4.75. The molecular formula is C49H35NS. The SMILES string of the molecule is CC1(C)c2ccccc2-c2ccc(N(c3ccc(-c4cc5c6ccccc6sc5c5ccccc45)cc3)c3cccc(-c4ccccc4)c3)cc21. The molecule has 0 amide bonds. The number of rotatable bonds is 5. The summed E-state index contributed by atoms with van der Waals surface area (Å²) in [7, 11) is 0. The topological polar surface area (TPSA) is 3.24 Å². The molecule has 1 nitrogen and oxygen atoms in total. The van der Waals surface area contributed by atoms with Crippen molar-refractivity contribution in [3.8, 4) is 33.4 Å². The van der Waals surface area contributed by atoms with Crippen LogP contribution in [0.4, 0.5) is 17.1 Å². The van der Waals surface area contributed by atoms with Gasteiger partial charge in [0, 0.05) is 48.0 Å². The summed E-state index contributed by atoms with van der Waals surface area (Å²) in [5.41, 5.74) is 13.7. The van der Waals surface area contributed by atoms with Gasteiger partial charge >= 0.3 is 0 Å². The van der Waals surface area contributed by atoms with Gasteiger partial charge in [-0.2, -0.15) is 0 Å². The number of anilines is 3. The first-order valence-electron chi connectivity index (χ1n) is 17.7. The molecule has 0 fully saturated rings. The van der Waals surface area contributed by atoms with Gasteiger partial charge in [-0.05, 0) is 98.4 Å². The second-order valence-electron chi connectivity index (χ2n) is 14.1. The summed E-state index contributed by atoms with van der Waals surface area (Å²) in [4.78, 5) is 2.42. The molecule has 2 heteroatoms. The molecule has 0 spiro atoms. The average molecular weight is 670 g/mol. The fourth-order valence-corrected chi connectivity index (χ4v) is 9.53. The van der Waals surface area contributed by atoms with E-state index in [0.717, 1.165) is 17.1 Å². The predicted molar refractivity (Wildman–Crippen MR) is 220 cm³/mol.